The van der Waals surface area contributed by atoms with Gasteiger partial charge in [0.15, 0.2) is 0 Å². The molecule has 0 aliphatic rings. The molecule has 4 nitrogen and oxygen atoms in total. The van der Waals surface area contributed by atoms with Crippen LogP contribution in [0.4, 0.5) is 0 Å². The molecule has 4 heteroatoms. The van der Waals surface area contributed by atoms with Crippen LogP contribution in [0.25, 0.3) is 0 Å². The van der Waals surface area contributed by atoms with Crippen LogP contribution in [0.1, 0.15) is 11.1 Å². The molecule has 0 aliphatic heterocycles. The van der Waals surface area contributed by atoms with Crippen LogP contribution in [-0.4, -0.2) is 30.1 Å². The van der Waals surface area contributed by atoms with Crippen molar-refractivity contribution in [2.75, 3.05) is 19.9 Å². The highest BCUT2D eigenvalue weighted by atomic mass is 16.5. The molecule has 0 amide bonds. The molecule has 0 spiro atoms. The van der Waals surface area contributed by atoms with E-state index in [4.69, 9.17) is 4.74 Å². The Morgan fingerprint density at radius 2 is 1.29 bits per heavy atom. The van der Waals surface area contributed by atoms with Gasteiger partial charge in [0.1, 0.15) is 11.5 Å². The summed E-state index contributed by atoms with van der Waals surface area (Å²) in [6, 6.07) is 14.4. The molecule has 3 N–H and O–H groups in total. The largest absolute Gasteiger partial charge is 0.508 e. The van der Waals surface area contributed by atoms with Gasteiger partial charge in [-0.25, -0.2) is 0 Å². The first-order chi connectivity index (χ1) is 10.2. The van der Waals surface area contributed by atoms with Gasteiger partial charge in [0.25, 0.3) is 0 Å². The van der Waals surface area contributed by atoms with Crippen LogP contribution in [-0.2, 0) is 17.6 Å². The Morgan fingerprint density at radius 1 is 0.762 bits per heavy atom. The molecular weight excluding hydrogens is 266 g/mol. The summed E-state index contributed by atoms with van der Waals surface area (Å²) in [4.78, 5) is 0. The summed E-state index contributed by atoms with van der Waals surface area (Å²) in [5.74, 6) is 0.583. The third-order valence-corrected chi connectivity index (χ3v) is 3.20. The molecule has 0 atom stereocenters. The van der Waals surface area contributed by atoms with Gasteiger partial charge < -0.3 is 14.9 Å². The smallest absolute Gasteiger partial charge is 0.115 e. The van der Waals surface area contributed by atoms with E-state index in [9.17, 15) is 10.2 Å². The van der Waals surface area contributed by atoms with Crippen molar-refractivity contribution in [1.82, 2.24) is 5.32 Å². The van der Waals surface area contributed by atoms with E-state index in [1.54, 1.807) is 24.3 Å². The van der Waals surface area contributed by atoms with Gasteiger partial charge in [0, 0.05) is 6.54 Å². The lowest BCUT2D eigenvalue weighted by Crippen LogP contribution is -2.21. The molecule has 0 saturated carbocycles. The van der Waals surface area contributed by atoms with E-state index in [2.05, 4.69) is 5.32 Å². The Morgan fingerprint density at radius 3 is 1.86 bits per heavy atom. The van der Waals surface area contributed by atoms with Crippen molar-refractivity contribution < 1.29 is 14.9 Å². The molecule has 2 rings (SSSR count). The molecule has 112 valence electrons. The fraction of sp³-hybridized carbons (Fsp3) is 0.294. The van der Waals surface area contributed by atoms with Gasteiger partial charge >= 0.3 is 0 Å². The fourth-order valence-corrected chi connectivity index (χ4v) is 1.96. The van der Waals surface area contributed by atoms with E-state index in [0.29, 0.717) is 19.1 Å². The first kappa shape index (κ1) is 15.4. The summed E-state index contributed by atoms with van der Waals surface area (Å²) < 4.78 is 5.51. The molecule has 0 bridgehead atoms. The van der Waals surface area contributed by atoms with E-state index in [1.807, 2.05) is 24.3 Å². The van der Waals surface area contributed by atoms with Gasteiger partial charge in [0.05, 0.1) is 13.3 Å². The lowest BCUT2D eigenvalue weighted by molar-refractivity contribution is 0.120. The molecule has 2 aromatic carbocycles. The van der Waals surface area contributed by atoms with Crippen molar-refractivity contribution in [2.45, 2.75) is 12.8 Å². The van der Waals surface area contributed by atoms with E-state index in [-0.39, 0.29) is 5.75 Å². The summed E-state index contributed by atoms with van der Waals surface area (Å²) in [6.45, 7) is 2.01. The maximum atomic E-state index is 9.19. The average molecular weight is 287 g/mol. The highest BCUT2D eigenvalue weighted by Gasteiger charge is 1.95. The second-order valence-electron chi connectivity index (χ2n) is 4.89. The Kier molecular flexibility index (Phi) is 6.06. The Balaban J connectivity index is 1.52. The van der Waals surface area contributed by atoms with Crippen molar-refractivity contribution in [3.05, 3.63) is 59.7 Å². The van der Waals surface area contributed by atoms with Crippen molar-refractivity contribution in [2.24, 2.45) is 0 Å². The average Bonchev–Trinajstić information content (AvgIpc) is 2.50. The van der Waals surface area contributed by atoms with Crippen molar-refractivity contribution in [1.29, 1.82) is 0 Å². The monoisotopic (exact) mass is 287 g/mol. The van der Waals surface area contributed by atoms with Gasteiger partial charge in [-0.3, -0.25) is 5.32 Å². The topological polar surface area (TPSA) is 61.7 Å². The van der Waals surface area contributed by atoms with E-state index < -0.39 is 0 Å². The summed E-state index contributed by atoms with van der Waals surface area (Å²) in [6.07, 6.45) is 1.74. The molecular formula is C17H21NO3. The second-order valence-corrected chi connectivity index (χ2v) is 4.89. The minimum absolute atomic E-state index is 0.288. The maximum absolute atomic E-state index is 9.19. The summed E-state index contributed by atoms with van der Waals surface area (Å²) in [5, 5.41) is 21.6. The normalized spacial score (nSPS) is 10.7. The maximum Gasteiger partial charge on any atom is 0.115 e. The van der Waals surface area contributed by atoms with Crippen molar-refractivity contribution >= 4 is 0 Å². The summed E-state index contributed by atoms with van der Waals surface area (Å²) in [7, 11) is 0. The highest BCUT2D eigenvalue weighted by Crippen LogP contribution is 2.10. The van der Waals surface area contributed by atoms with Gasteiger partial charge in [-0.2, -0.15) is 0 Å². The first-order valence-electron chi connectivity index (χ1n) is 7.08. The zero-order valence-corrected chi connectivity index (χ0v) is 12.0. The number of benzene rings is 2. The Hall–Kier alpha value is -2.04. The minimum Gasteiger partial charge on any atom is -0.508 e. The van der Waals surface area contributed by atoms with Gasteiger partial charge in [-0.15, -0.1) is 0 Å². The van der Waals surface area contributed by atoms with Gasteiger partial charge in [0.2, 0.25) is 0 Å². The molecule has 0 fully saturated rings. The van der Waals surface area contributed by atoms with Gasteiger partial charge in [-0.05, 0) is 48.2 Å². The molecule has 0 heterocycles. The Labute approximate surface area is 125 Å². The predicted molar refractivity (Wildman–Crippen MR) is 82.4 cm³/mol. The number of phenols is 2. The third kappa shape index (κ3) is 5.85. The summed E-state index contributed by atoms with van der Waals surface area (Å²) >= 11 is 0. The van der Waals surface area contributed by atoms with Crippen LogP contribution < -0.4 is 5.32 Å². The van der Waals surface area contributed by atoms with E-state index >= 15 is 0 Å². The van der Waals surface area contributed by atoms with Crippen LogP contribution in [0.5, 0.6) is 11.5 Å². The standard InChI is InChI=1S/C17H21NO3/c19-16-5-1-14(2-6-16)9-11-18-13-21-12-10-15-3-7-17(20)8-4-15/h1-8,18-20H,9-13H2. The molecule has 2 aromatic rings. The van der Waals surface area contributed by atoms with Gasteiger partial charge in [-0.1, -0.05) is 24.3 Å². The number of phenolic OH excluding ortho intramolecular Hbond substituents is 2. The molecule has 0 aliphatic carbocycles. The van der Waals surface area contributed by atoms with Crippen LogP contribution in [0.3, 0.4) is 0 Å². The first-order valence-corrected chi connectivity index (χ1v) is 7.08. The molecule has 0 aromatic heterocycles. The lowest BCUT2D eigenvalue weighted by atomic mass is 10.1. The van der Waals surface area contributed by atoms with Crippen LogP contribution in [0.2, 0.25) is 0 Å². The highest BCUT2D eigenvalue weighted by molar-refractivity contribution is 5.26. The fourth-order valence-electron chi connectivity index (χ4n) is 1.96. The number of ether oxygens (including phenoxy) is 1. The molecule has 0 saturated heterocycles. The molecule has 21 heavy (non-hydrogen) atoms. The SMILES string of the molecule is Oc1ccc(CCNCOCCc2ccc(O)cc2)cc1. The number of hydrogen-bond donors (Lipinski definition) is 3. The number of hydrogen-bond acceptors (Lipinski definition) is 4. The quantitative estimate of drug-likeness (QED) is 0.515. The second kappa shape index (κ2) is 8.29. The zero-order valence-electron chi connectivity index (χ0n) is 12.0. The van der Waals surface area contributed by atoms with E-state index in [1.165, 1.54) is 5.56 Å². The number of rotatable bonds is 8. The minimum atomic E-state index is 0.288. The summed E-state index contributed by atoms with van der Waals surface area (Å²) in [5.41, 5.74) is 2.33. The number of aromatic hydroxyl groups is 2. The van der Waals surface area contributed by atoms with Crippen LogP contribution in [0, 0.1) is 0 Å². The van der Waals surface area contributed by atoms with Crippen molar-refractivity contribution in [3.63, 3.8) is 0 Å². The van der Waals surface area contributed by atoms with E-state index in [0.717, 1.165) is 24.9 Å². The third-order valence-electron chi connectivity index (χ3n) is 3.20. The number of nitrogens with one attached hydrogen (secondary N) is 1. The van der Waals surface area contributed by atoms with Crippen molar-refractivity contribution in [3.8, 4) is 11.5 Å². The Bertz CT molecular complexity index is 473. The van der Waals surface area contributed by atoms with Crippen LogP contribution >= 0.6 is 0 Å². The lowest BCUT2D eigenvalue weighted by Gasteiger charge is -2.07. The predicted octanol–water partition coefficient (Wildman–Crippen LogP) is 2.45. The van der Waals surface area contributed by atoms with Crippen LogP contribution in [0.15, 0.2) is 48.5 Å². The molecule has 0 radical (unpaired) electrons. The molecule has 0 unspecified atom stereocenters. The zero-order chi connectivity index (χ0) is 14.9.